The third kappa shape index (κ3) is 6.78. The second-order valence-corrected chi connectivity index (χ2v) is 12.1. The van der Waals surface area contributed by atoms with Crippen LogP contribution < -0.4 is 0 Å². The van der Waals surface area contributed by atoms with Crippen molar-refractivity contribution in [3.05, 3.63) is 28.8 Å². The van der Waals surface area contributed by atoms with Crippen molar-refractivity contribution in [1.82, 2.24) is 0 Å². The van der Waals surface area contributed by atoms with Gasteiger partial charge in [0.25, 0.3) is 0 Å². The highest BCUT2D eigenvalue weighted by Gasteiger charge is 2.33. The van der Waals surface area contributed by atoms with Gasteiger partial charge in [-0.1, -0.05) is 64.5 Å². The van der Waals surface area contributed by atoms with Crippen LogP contribution in [0.1, 0.15) is 109 Å². The van der Waals surface area contributed by atoms with E-state index in [1.165, 1.54) is 56.9 Å². The van der Waals surface area contributed by atoms with Crippen molar-refractivity contribution in [2.75, 3.05) is 0 Å². The van der Waals surface area contributed by atoms with Gasteiger partial charge in [-0.05, 0) is 111 Å². The second-order valence-electron chi connectivity index (χ2n) is 12.1. The molecule has 2 aliphatic carbocycles. The maximum absolute atomic E-state index is 11.0. The molecule has 8 atom stereocenters. The minimum absolute atomic E-state index is 0.288. The minimum Gasteiger partial charge on any atom is -0.507 e. The highest BCUT2D eigenvalue weighted by molar-refractivity contribution is 5.45. The molecule has 0 radical (unpaired) electrons. The van der Waals surface area contributed by atoms with Crippen molar-refractivity contribution >= 4 is 0 Å². The first-order valence-electron chi connectivity index (χ1n) is 14.4. The molecule has 0 amide bonds. The Bertz CT molecular complexity index is 755. The summed E-state index contributed by atoms with van der Waals surface area (Å²) in [6.07, 6.45) is 13.2. The van der Waals surface area contributed by atoms with Crippen LogP contribution >= 0.6 is 0 Å². The van der Waals surface area contributed by atoms with Crippen molar-refractivity contribution in [3.8, 4) is 5.75 Å². The fraction of sp³-hybridized carbons (Fsp3) is 0.806. The normalized spacial score (nSPS) is 29.4. The molecule has 2 aliphatic rings. The predicted molar refractivity (Wildman–Crippen MR) is 142 cm³/mol. The maximum atomic E-state index is 11.0. The Morgan fingerprint density at radius 1 is 0.765 bits per heavy atom. The molecule has 1 aromatic rings. The smallest absolute Gasteiger partial charge is 0.121 e. The lowest BCUT2D eigenvalue weighted by Gasteiger charge is -2.37. The topological polar surface area (TPSA) is 60.7 Å². The first-order chi connectivity index (χ1) is 16.2. The molecule has 3 rings (SSSR count). The highest BCUT2D eigenvalue weighted by atomic mass is 16.3. The van der Waals surface area contributed by atoms with Crippen LogP contribution in [0.3, 0.4) is 0 Å². The maximum Gasteiger partial charge on any atom is 0.121 e. The van der Waals surface area contributed by atoms with Crippen molar-refractivity contribution in [3.63, 3.8) is 0 Å². The van der Waals surface area contributed by atoms with Gasteiger partial charge in [0.05, 0.1) is 12.2 Å². The minimum atomic E-state index is -0.312. The molecule has 0 spiro atoms. The Balaban J connectivity index is 1.74. The van der Waals surface area contributed by atoms with Crippen LogP contribution in [-0.2, 0) is 12.8 Å². The van der Waals surface area contributed by atoms with Crippen molar-refractivity contribution in [2.45, 2.75) is 124 Å². The van der Waals surface area contributed by atoms with Crippen LogP contribution in [0.25, 0.3) is 0 Å². The van der Waals surface area contributed by atoms with Gasteiger partial charge in [0, 0.05) is 0 Å². The van der Waals surface area contributed by atoms with E-state index in [0.29, 0.717) is 35.3 Å². The van der Waals surface area contributed by atoms with Crippen LogP contribution in [0.2, 0.25) is 0 Å². The second kappa shape index (κ2) is 12.8. The van der Waals surface area contributed by atoms with Crippen LogP contribution in [0.4, 0.5) is 0 Å². The Kier molecular flexibility index (Phi) is 10.3. The molecular formula is C31H52O3. The highest BCUT2D eigenvalue weighted by Crippen LogP contribution is 2.41. The molecule has 0 aromatic heterocycles. The number of hydrogen-bond donors (Lipinski definition) is 3. The number of phenols is 1. The summed E-state index contributed by atoms with van der Waals surface area (Å²) in [5.41, 5.74) is 3.25. The first kappa shape index (κ1) is 27.5. The lowest BCUT2D eigenvalue weighted by Crippen LogP contribution is -2.33. The molecule has 0 aliphatic heterocycles. The Morgan fingerprint density at radius 2 is 1.24 bits per heavy atom. The molecule has 34 heavy (non-hydrogen) atoms. The fourth-order valence-corrected chi connectivity index (χ4v) is 7.53. The van der Waals surface area contributed by atoms with E-state index >= 15 is 0 Å². The first-order valence-corrected chi connectivity index (χ1v) is 14.4. The summed E-state index contributed by atoms with van der Waals surface area (Å²) in [5, 5.41) is 32.4. The Hall–Kier alpha value is -1.06. The van der Waals surface area contributed by atoms with E-state index in [4.69, 9.17) is 0 Å². The number of hydrogen-bond acceptors (Lipinski definition) is 3. The summed E-state index contributed by atoms with van der Waals surface area (Å²) < 4.78 is 0. The van der Waals surface area contributed by atoms with E-state index in [1.807, 2.05) is 26.8 Å². The van der Waals surface area contributed by atoms with Gasteiger partial charge in [-0.15, -0.1) is 0 Å². The molecule has 1 aromatic carbocycles. The molecule has 8 unspecified atom stereocenters. The van der Waals surface area contributed by atoms with E-state index in [9.17, 15) is 15.3 Å². The molecule has 2 fully saturated rings. The van der Waals surface area contributed by atoms with Gasteiger partial charge in [-0.3, -0.25) is 0 Å². The van der Waals surface area contributed by atoms with Gasteiger partial charge in [0.15, 0.2) is 0 Å². The van der Waals surface area contributed by atoms with Crippen molar-refractivity contribution in [2.24, 2.45) is 35.5 Å². The quantitative estimate of drug-likeness (QED) is 0.337. The monoisotopic (exact) mass is 472 g/mol. The average Bonchev–Trinajstić information content (AvgIpc) is 2.79. The van der Waals surface area contributed by atoms with E-state index < -0.39 is 0 Å². The van der Waals surface area contributed by atoms with Crippen molar-refractivity contribution < 1.29 is 15.3 Å². The molecule has 3 N–H and O–H groups in total. The van der Waals surface area contributed by atoms with Gasteiger partial charge in [-0.2, -0.15) is 0 Å². The van der Waals surface area contributed by atoms with E-state index in [2.05, 4.69) is 19.9 Å². The van der Waals surface area contributed by atoms with Crippen molar-refractivity contribution in [1.29, 1.82) is 0 Å². The SMILES string of the molecule is Cc1ccc(CCC(C(C)O)C2CCCCC2C)c(CCC(C(C)O)C2CCCCC2C)c1O. The third-order valence-electron chi connectivity index (χ3n) is 9.75. The van der Waals surface area contributed by atoms with Gasteiger partial charge in [0.2, 0.25) is 0 Å². The summed E-state index contributed by atoms with van der Waals surface area (Å²) >= 11 is 0. The van der Waals surface area contributed by atoms with Crippen LogP contribution in [0.15, 0.2) is 12.1 Å². The molecule has 194 valence electrons. The largest absolute Gasteiger partial charge is 0.507 e. The molecule has 2 saturated carbocycles. The number of aromatic hydroxyl groups is 1. The number of aliphatic hydroxyl groups is 2. The Morgan fingerprint density at radius 3 is 1.71 bits per heavy atom. The summed E-state index contributed by atoms with van der Waals surface area (Å²) in [7, 11) is 0. The van der Waals surface area contributed by atoms with Gasteiger partial charge in [-0.25, -0.2) is 0 Å². The summed E-state index contributed by atoms with van der Waals surface area (Å²) in [5.74, 6) is 3.58. The van der Waals surface area contributed by atoms with Gasteiger partial charge < -0.3 is 15.3 Å². The van der Waals surface area contributed by atoms with E-state index in [0.717, 1.165) is 36.8 Å². The lowest BCUT2D eigenvalue weighted by molar-refractivity contribution is 0.0431. The summed E-state index contributed by atoms with van der Waals surface area (Å²) in [6, 6.07) is 4.25. The zero-order valence-electron chi connectivity index (χ0n) is 22.6. The van der Waals surface area contributed by atoms with E-state index in [1.54, 1.807) is 0 Å². The lowest BCUT2D eigenvalue weighted by atomic mass is 9.69. The summed E-state index contributed by atoms with van der Waals surface area (Å²) in [4.78, 5) is 0. The number of benzene rings is 1. The summed E-state index contributed by atoms with van der Waals surface area (Å²) in [6.45, 7) is 10.6. The fourth-order valence-electron chi connectivity index (χ4n) is 7.53. The van der Waals surface area contributed by atoms with Crippen LogP contribution in [0.5, 0.6) is 5.75 Å². The molecular weight excluding hydrogens is 420 g/mol. The zero-order chi connectivity index (χ0) is 24.8. The number of aliphatic hydroxyl groups excluding tert-OH is 2. The molecule has 0 saturated heterocycles. The number of phenolic OH excluding ortho intramolecular Hbond substituents is 1. The molecule has 0 bridgehead atoms. The zero-order valence-corrected chi connectivity index (χ0v) is 22.6. The molecule has 3 nitrogen and oxygen atoms in total. The van der Waals surface area contributed by atoms with E-state index in [-0.39, 0.29) is 18.1 Å². The third-order valence-corrected chi connectivity index (χ3v) is 9.75. The van der Waals surface area contributed by atoms with Crippen LogP contribution in [-0.4, -0.2) is 27.5 Å². The number of aryl methyl sites for hydroxylation is 2. The van der Waals surface area contributed by atoms with Gasteiger partial charge in [0.1, 0.15) is 5.75 Å². The Labute approximate surface area is 209 Å². The van der Waals surface area contributed by atoms with Crippen LogP contribution in [0, 0.1) is 42.4 Å². The predicted octanol–water partition coefficient (Wildman–Crippen LogP) is 7.21. The average molecular weight is 473 g/mol. The molecule has 0 heterocycles. The molecule has 3 heteroatoms. The standard InChI is InChI=1S/C31H52O3/c1-20-10-6-8-12-26(20)28(23(4)32)17-16-25-15-14-22(3)31(34)30(25)19-18-29(24(5)33)27-13-9-7-11-21(27)2/h14-15,20-21,23-24,26-29,32-34H,6-13,16-19H2,1-5H3. The number of rotatable bonds is 10. The van der Waals surface area contributed by atoms with Gasteiger partial charge >= 0.3 is 0 Å².